The summed E-state index contributed by atoms with van der Waals surface area (Å²) in [4.78, 5) is 29.7. The molecule has 2 amide bonds. The molecule has 0 saturated carbocycles. The fourth-order valence-electron chi connectivity index (χ4n) is 1.40. The number of nitrogens with one attached hydrogen (secondary N) is 1. The molecule has 5 nitrogen and oxygen atoms in total. The highest BCUT2D eigenvalue weighted by Gasteiger charge is 2.20. The van der Waals surface area contributed by atoms with Gasteiger partial charge in [-0.05, 0) is 20.8 Å². The fourth-order valence-corrected chi connectivity index (χ4v) is 2.17. The molecule has 0 unspecified atom stereocenters. The maximum atomic E-state index is 12.1. The van der Waals surface area contributed by atoms with Crippen LogP contribution in [0.3, 0.4) is 0 Å². The Labute approximate surface area is 105 Å². The standard InChI is InChI=1S/C11H17N3O2S/c1-4-12-9(15)6-14(5-2)11(16)10-8(3)13-7-17-10/h7H,4-6H2,1-3H3,(H,12,15). The smallest absolute Gasteiger partial charge is 0.266 e. The van der Waals surface area contributed by atoms with Gasteiger partial charge in [0.1, 0.15) is 4.88 Å². The zero-order chi connectivity index (χ0) is 12.8. The molecule has 0 radical (unpaired) electrons. The predicted octanol–water partition coefficient (Wildman–Crippen LogP) is 1.05. The second-order valence-corrected chi connectivity index (χ2v) is 4.39. The van der Waals surface area contributed by atoms with Crippen LogP contribution >= 0.6 is 11.3 Å². The molecule has 0 aliphatic rings. The molecule has 0 bridgehead atoms. The van der Waals surface area contributed by atoms with E-state index in [-0.39, 0.29) is 18.4 Å². The minimum atomic E-state index is -0.134. The Morgan fingerprint density at radius 3 is 2.65 bits per heavy atom. The number of aryl methyl sites for hydroxylation is 1. The predicted molar refractivity (Wildman–Crippen MR) is 67.1 cm³/mol. The van der Waals surface area contributed by atoms with Crippen molar-refractivity contribution in [1.29, 1.82) is 0 Å². The zero-order valence-corrected chi connectivity index (χ0v) is 11.1. The number of hydrogen-bond acceptors (Lipinski definition) is 4. The summed E-state index contributed by atoms with van der Waals surface area (Å²) in [6, 6.07) is 0. The van der Waals surface area contributed by atoms with Gasteiger partial charge in [-0.1, -0.05) is 0 Å². The van der Waals surface area contributed by atoms with Gasteiger partial charge in [-0.15, -0.1) is 11.3 Å². The van der Waals surface area contributed by atoms with Crippen molar-refractivity contribution >= 4 is 23.2 Å². The SMILES string of the molecule is CCNC(=O)CN(CC)C(=O)c1scnc1C. The number of carbonyl (C=O) groups excluding carboxylic acids is 2. The van der Waals surface area contributed by atoms with Crippen LogP contribution in [-0.2, 0) is 4.79 Å². The van der Waals surface area contributed by atoms with Crippen LogP contribution in [0.2, 0.25) is 0 Å². The quantitative estimate of drug-likeness (QED) is 0.855. The van der Waals surface area contributed by atoms with Crippen LogP contribution in [0.5, 0.6) is 0 Å². The van der Waals surface area contributed by atoms with Crippen LogP contribution in [0, 0.1) is 6.92 Å². The van der Waals surface area contributed by atoms with Gasteiger partial charge in [-0.2, -0.15) is 0 Å². The molecule has 0 aliphatic heterocycles. The molecule has 0 aromatic carbocycles. The first kappa shape index (κ1) is 13.6. The Kier molecular flexibility index (Phi) is 5.09. The average Bonchev–Trinajstić information content (AvgIpc) is 2.72. The third-order valence-corrected chi connectivity index (χ3v) is 3.23. The number of rotatable bonds is 5. The van der Waals surface area contributed by atoms with Gasteiger partial charge in [-0.3, -0.25) is 9.59 Å². The lowest BCUT2D eigenvalue weighted by Crippen LogP contribution is -2.40. The van der Waals surface area contributed by atoms with E-state index in [0.717, 1.165) is 0 Å². The van der Waals surface area contributed by atoms with Crippen LogP contribution in [0.4, 0.5) is 0 Å². The van der Waals surface area contributed by atoms with E-state index in [1.807, 2.05) is 13.8 Å². The highest BCUT2D eigenvalue weighted by molar-refractivity contribution is 7.11. The second-order valence-electron chi connectivity index (χ2n) is 3.54. The molecule has 17 heavy (non-hydrogen) atoms. The molecule has 0 aliphatic carbocycles. The normalized spacial score (nSPS) is 10.1. The van der Waals surface area contributed by atoms with Gasteiger partial charge >= 0.3 is 0 Å². The summed E-state index contributed by atoms with van der Waals surface area (Å²) in [5.41, 5.74) is 2.36. The van der Waals surface area contributed by atoms with Crippen molar-refractivity contribution in [3.8, 4) is 0 Å². The molecule has 1 rings (SSSR count). The Morgan fingerprint density at radius 2 is 2.18 bits per heavy atom. The highest BCUT2D eigenvalue weighted by atomic mass is 32.1. The molecule has 0 fully saturated rings. The average molecular weight is 255 g/mol. The molecule has 1 N–H and O–H groups in total. The van der Waals surface area contributed by atoms with Gasteiger partial charge in [-0.25, -0.2) is 4.98 Å². The minimum Gasteiger partial charge on any atom is -0.355 e. The molecule has 0 spiro atoms. The number of hydrogen-bond donors (Lipinski definition) is 1. The van der Waals surface area contributed by atoms with E-state index in [0.29, 0.717) is 23.7 Å². The molecule has 1 aromatic heterocycles. The number of likely N-dealkylation sites (N-methyl/N-ethyl adjacent to an activating group) is 2. The summed E-state index contributed by atoms with van der Waals surface area (Å²) < 4.78 is 0. The topological polar surface area (TPSA) is 62.3 Å². The van der Waals surface area contributed by atoms with E-state index in [1.165, 1.54) is 16.2 Å². The maximum Gasteiger partial charge on any atom is 0.266 e. The molecular weight excluding hydrogens is 238 g/mol. The van der Waals surface area contributed by atoms with Crippen molar-refractivity contribution in [1.82, 2.24) is 15.2 Å². The third-order valence-electron chi connectivity index (χ3n) is 2.32. The molecule has 6 heteroatoms. The van der Waals surface area contributed by atoms with E-state index in [2.05, 4.69) is 10.3 Å². The lowest BCUT2D eigenvalue weighted by atomic mass is 10.3. The summed E-state index contributed by atoms with van der Waals surface area (Å²) >= 11 is 1.31. The largest absolute Gasteiger partial charge is 0.355 e. The van der Waals surface area contributed by atoms with Crippen molar-refractivity contribution < 1.29 is 9.59 Å². The summed E-state index contributed by atoms with van der Waals surface area (Å²) in [7, 11) is 0. The van der Waals surface area contributed by atoms with Gasteiger partial charge in [0.05, 0.1) is 17.7 Å². The Balaban J connectivity index is 2.71. The van der Waals surface area contributed by atoms with Crippen LogP contribution in [-0.4, -0.2) is 41.3 Å². The molecule has 1 heterocycles. The summed E-state index contributed by atoms with van der Waals surface area (Å²) in [5.74, 6) is -0.261. The lowest BCUT2D eigenvalue weighted by molar-refractivity contribution is -0.121. The van der Waals surface area contributed by atoms with Crippen molar-refractivity contribution in [2.45, 2.75) is 20.8 Å². The lowest BCUT2D eigenvalue weighted by Gasteiger charge is -2.19. The summed E-state index contributed by atoms with van der Waals surface area (Å²) in [6.07, 6.45) is 0. The first-order valence-electron chi connectivity index (χ1n) is 5.56. The van der Waals surface area contributed by atoms with Gasteiger partial charge in [0.15, 0.2) is 0 Å². The fraction of sp³-hybridized carbons (Fsp3) is 0.545. The number of amides is 2. The molecule has 94 valence electrons. The van der Waals surface area contributed by atoms with E-state index in [9.17, 15) is 9.59 Å². The van der Waals surface area contributed by atoms with Crippen molar-refractivity contribution in [3.05, 3.63) is 16.1 Å². The zero-order valence-electron chi connectivity index (χ0n) is 10.3. The summed E-state index contributed by atoms with van der Waals surface area (Å²) in [6.45, 7) is 6.68. The number of carbonyl (C=O) groups is 2. The number of thiazole rings is 1. The third kappa shape index (κ3) is 3.52. The first-order valence-corrected chi connectivity index (χ1v) is 6.44. The Morgan fingerprint density at radius 1 is 1.47 bits per heavy atom. The number of aromatic nitrogens is 1. The van der Waals surface area contributed by atoms with E-state index in [4.69, 9.17) is 0 Å². The monoisotopic (exact) mass is 255 g/mol. The number of nitrogens with zero attached hydrogens (tertiary/aromatic N) is 2. The van der Waals surface area contributed by atoms with Gasteiger partial charge in [0.25, 0.3) is 5.91 Å². The Hall–Kier alpha value is -1.43. The molecule has 1 aromatic rings. The van der Waals surface area contributed by atoms with E-state index >= 15 is 0 Å². The second kappa shape index (κ2) is 6.34. The van der Waals surface area contributed by atoms with Crippen LogP contribution < -0.4 is 5.32 Å². The van der Waals surface area contributed by atoms with Crippen LogP contribution in [0.1, 0.15) is 29.2 Å². The van der Waals surface area contributed by atoms with Crippen LogP contribution in [0.15, 0.2) is 5.51 Å². The Bertz CT molecular complexity index is 403. The summed E-state index contributed by atoms with van der Waals surface area (Å²) in [5, 5.41) is 2.68. The molecule has 0 atom stereocenters. The van der Waals surface area contributed by atoms with E-state index in [1.54, 1.807) is 12.4 Å². The van der Waals surface area contributed by atoms with E-state index < -0.39 is 0 Å². The van der Waals surface area contributed by atoms with Gasteiger partial charge in [0, 0.05) is 13.1 Å². The highest BCUT2D eigenvalue weighted by Crippen LogP contribution is 2.14. The van der Waals surface area contributed by atoms with Gasteiger partial charge < -0.3 is 10.2 Å². The van der Waals surface area contributed by atoms with Crippen LogP contribution in [0.25, 0.3) is 0 Å². The van der Waals surface area contributed by atoms with Gasteiger partial charge in [0.2, 0.25) is 5.91 Å². The van der Waals surface area contributed by atoms with Crippen molar-refractivity contribution in [3.63, 3.8) is 0 Å². The minimum absolute atomic E-state index is 0.0977. The maximum absolute atomic E-state index is 12.1. The molecule has 0 saturated heterocycles. The molecular formula is C11H17N3O2S. The van der Waals surface area contributed by atoms with Crippen molar-refractivity contribution in [2.75, 3.05) is 19.6 Å². The first-order chi connectivity index (χ1) is 8.10. The van der Waals surface area contributed by atoms with Crippen molar-refractivity contribution in [2.24, 2.45) is 0 Å².